The molecule has 10 nitrogen and oxygen atoms in total. The molecule has 2 aromatic carbocycles. The quantitative estimate of drug-likeness (QED) is 0.305. The average Bonchev–Trinajstić information content (AvgIpc) is 3.45. The zero-order chi connectivity index (χ0) is 28.7. The minimum atomic E-state index is -0.684. The second kappa shape index (κ2) is 12.9. The normalized spacial score (nSPS) is 17.6. The molecule has 0 bridgehead atoms. The summed E-state index contributed by atoms with van der Waals surface area (Å²) >= 11 is 0. The first-order valence-electron chi connectivity index (χ1n) is 14.5. The summed E-state index contributed by atoms with van der Waals surface area (Å²) in [5.41, 5.74) is 4.14. The van der Waals surface area contributed by atoms with Gasteiger partial charge in [-0.25, -0.2) is 4.68 Å². The smallest absolute Gasteiger partial charge is 0.247 e. The summed E-state index contributed by atoms with van der Waals surface area (Å²) in [6.45, 7) is 3.34. The second-order valence-electron chi connectivity index (χ2n) is 10.7. The highest BCUT2D eigenvalue weighted by Crippen LogP contribution is 2.29. The molecule has 1 saturated heterocycles. The van der Waals surface area contributed by atoms with Crippen molar-refractivity contribution in [2.24, 2.45) is 5.92 Å². The van der Waals surface area contributed by atoms with Crippen LogP contribution in [0.1, 0.15) is 24.8 Å². The van der Waals surface area contributed by atoms with Crippen LogP contribution in [0.25, 0.3) is 11.0 Å². The van der Waals surface area contributed by atoms with Crippen LogP contribution in [0.15, 0.2) is 85.2 Å². The number of fused-ring (bicyclic) bond motifs is 1. The Kier molecular flexibility index (Phi) is 8.51. The highest BCUT2D eigenvalue weighted by molar-refractivity contribution is 5.97. The summed E-state index contributed by atoms with van der Waals surface area (Å²) < 4.78 is 7.08. The number of hydrogen-bond donors (Lipinski definition) is 1. The minimum Gasteiger partial charge on any atom is -0.378 e. The highest BCUT2D eigenvalue weighted by Gasteiger charge is 2.37. The van der Waals surface area contributed by atoms with Crippen LogP contribution in [0.4, 0.5) is 11.4 Å². The molecule has 0 radical (unpaired) electrons. The number of amides is 2. The van der Waals surface area contributed by atoms with Gasteiger partial charge in [0, 0.05) is 43.4 Å². The summed E-state index contributed by atoms with van der Waals surface area (Å²) in [5, 5.41) is 11.6. The Morgan fingerprint density at radius 1 is 1.02 bits per heavy atom. The van der Waals surface area contributed by atoms with E-state index in [1.54, 1.807) is 22.0 Å². The van der Waals surface area contributed by atoms with Crippen molar-refractivity contribution in [3.05, 3.63) is 90.8 Å². The number of allylic oxidation sites excluding steroid dienone is 2. The number of nitrogens with one attached hydrogen (secondary N) is 1. The van der Waals surface area contributed by atoms with Crippen LogP contribution in [0.2, 0.25) is 0 Å². The molecule has 1 aliphatic carbocycles. The number of carbonyl (C=O) groups excluding carboxylic acids is 2. The van der Waals surface area contributed by atoms with Gasteiger partial charge in [-0.05, 0) is 73.2 Å². The molecule has 2 aliphatic rings. The SMILES string of the molecule is O=C(Nc1ccc(N2CCOCC2)cc1)[C@@H]([C@@H]1CC=CCC1)N(Cc1cccnc1)C(=O)Cn1nnc2ccccc21. The number of morpholine rings is 1. The molecule has 2 atom stereocenters. The monoisotopic (exact) mass is 565 g/mol. The molecule has 216 valence electrons. The van der Waals surface area contributed by atoms with Crippen molar-refractivity contribution in [2.75, 3.05) is 36.5 Å². The van der Waals surface area contributed by atoms with E-state index in [0.29, 0.717) is 18.9 Å². The summed E-state index contributed by atoms with van der Waals surface area (Å²) in [7, 11) is 0. The summed E-state index contributed by atoms with van der Waals surface area (Å²) in [5.74, 6) is -0.433. The van der Waals surface area contributed by atoms with Gasteiger partial charge < -0.3 is 19.9 Å². The van der Waals surface area contributed by atoms with E-state index >= 15 is 0 Å². The molecule has 2 aromatic heterocycles. The number of aromatic nitrogens is 4. The summed E-state index contributed by atoms with van der Waals surface area (Å²) in [4.78, 5) is 36.5. The highest BCUT2D eigenvalue weighted by atomic mass is 16.5. The molecule has 1 aliphatic heterocycles. The molecule has 1 N–H and O–H groups in total. The summed E-state index contributed by atoms with van der Waals surface area (Å²) in [6, 6.07) is 18.5. The Hall–Kier alpha value is -4.57. The van der Waals surface area contributed by atoms with E-state index in [1.807, 2.05) is 60.7 Å². The van der Waals surface area contributed by atoms with Crippen LogP contribution in [-0.4, -0.2) is 69.0 Å². The Labute approximate surface area is 245 Å². The van der Waals surface area contributed by atoms with Crippen molar-refractivity contribution in [3.63, 3.8) is 0 Å². The number of hydrogen-bond acceptors (Lipinski definition) is 7. The Morgan fingerprint density at radius 3 is 2.62 bits per heavy atom. The zero-order valence-electron chi connectivity index (χ0n) is 23.5. The maximum atomic E-state index is 14.1. The first-order chi connectivity index (χ1) is 20.7. The minimum absolute atomic E-state index is 0.0264. The van der Waals surface area contributed by atoms with E-state index in [2.05, 4.69) is 37.7 Å². The van der Waals surface area contributed by atoms with Crippen LogP contribution in [0.5, 0.6) is 0 Å². The number of para-hydroxylation sites is 1. The summed E-state index contributed by atoms with van der Waals surface area (Å²) in [6.07, 6.45) is 10.1. The molecule has 0 unspecified atom stereocenters. The van der Waals surface area contributed by atoms with Gasteiger partial charge in [-0.1, -0.05) is 35.6 Å². The number of pyridine rings is 1. The van der Waals surface area contributed by atoms with Crippen molar-refractivity contribution >= 4 is 34.2 Å². The van der Waals surface area contributed by atoms with E-state index in [0.717, 1.165) is 54.6 Å². The fourth-order valence-corrected chi connectivity index (χ4v) is 5.79. The molecule has 3 heterocycles. The van der Waals surface area contributed by atoms with Crippen LogP contribution in [0.3, 0.4) is 0 Å². The molecule has 0 saturated carbocycles. The number of nitrogens with zero attached hydrogens (tertiary/aromatic N) is 6. The van der Waals surface area contributed by atoms with Gasteiger partial charge in [-0.2, -0.15) is 0 Å². The molecule has 4 aromatic rings. The van der Waals surface area contributed by atoms with Gasteiger partial charge in [0.1, 0.15) is 18.1 Å². The number of ether oxygens (including phenoxy) is 1. The number of anilines is 2. The average molecular weight is 566 g/mol. The molecule has 10 heteroatoms. The second-order valence-corrected chi connectivity index (χ2v) is 10.7. The molecular weight excluding hydrogens is 530 g/mol. The van der Waals surface area contributed by atoms with E-state index in [-0.39, 0.29) is 30.8 Å². The first-order valence-corrected chi connectivity index (χ1v) is 14.5. The molecule has 0 spiro atoms. The van der Waals surface area contributed by atoms with Gasteiger partial charge in [0.15, 0.2) is 0 Å². The maximum Gasteiger partial charge on any atom is 0.247 e. The first kappa shape index (κ1) is 27.6. The van der Waals surface area contributed by atoms with Crippen molar-refractivity contribution in [2.45, 2.75) is 38.4 Å². The fourth-order valence-electron chi connectivity index (χ4n) is 5.79. The molecular formula is C32H35N7O3. The third-order valence-electron chi connectivity index (χ3n) is 7.97. The van der Waals surface area contributed by atoms with Crippen molar-refractivity contribution < 1.29 is 14.3 Å². The predicted octanol–water partition coefficient (Wildman–Crippen LogP) is 4.06. The van der Waals surface area contributed by atoms with Crippen molar-refractivity contribution in [1.29, 1.82) is 0 Å². The lowest BCUT2D eigenvalue weighted by Crippen LogP contribution is -2.52. The van der Waals surface area contributed by atoms with E-state index in [4.69, 9.17) is 4.74 Å². The number of benzene rings is 2. The Bertz CT molecular complexity index is 1530. The van der Waals surface area contributed by atoms with Gasteiger partial charge in [0.2, 0.25) is 11.8 Å². The lowest BCUT2D eigenvalue weighted by Gasteiger charge is -2.37. The lowest BCUT2D eigenvalue weighted by atomic mass is 9.85. The van der Waals surface area contributed by atoms with Gasteiger partial charge in [0.25, 0.3) is 0 Å². The molecule has 6 rings (SSSR count). The van der Waals surface area contributed by atoms with Crippen LogP contribution >= 0.6 is 0 Å². The van der Waals surface area contributed by atoms with Crippen LogP contribution in [0, 0.1) is 5.92 Å². The largest absolute Gasteiger partial charge is 0.378 e. The van der Waals surface area contributed by atoms with Crippen molar-refractivity contribution in [3.8, 4) is 0 Å². The Balaban J connectivity index is 1.28. The van der Waals surface area contributed by atoms with Gasteiger partial charge in [-0.3, -0.25) is 14.6 Å². The lowest BCUT2D eigenvalue weighted by molar-refractivity contribution is -0.142. The topological polar surface area (TPSA) is 105 Å². The van der Waals surface area contributed by atoms with E-state index in [1.165, 1.54) is 0 Å². The van der Waals surface area contributed by atoms with E-state index < -0.39 is 6.04 Å². The molecule has 42 heavy (non-hydrogen) atoms. The van der Waals surface area contributed by atoms with Crippen LogP contribution < -0.4 is 10.2 Å². The zero-order valence-corrected chi connectivity index (χ0v) is 23.5. The molecule has 2 amide bonds. The van der Waals surface area contributed by atoms with Crippen molar-refractivity contribution in [1.82, 2.24) is 24.9 Å². The Morgan fingerprint density at radius 2 is 1.86 bits per heavy atom. The number of rotatable bonds is 9. The van der Waals surface area contributed by atoms with Crippen LogP contribution in [-0.2, 0) is 27.4 Å². The van der Waals surface area contributed by atoms with Gasteiger partial charge >= 0.3 is 0 Å². The van der Waals surface area contributed by atoms with E-state index in [9.17, 15) is 9.59 Å². The fraction of sp³-hybridized carbons (Fsp3) is 0.344. The third kappa shape index (κ3) is 6.33. The maximum absolute atomic E-state index is 14.1. The third-order valence-corrected chi connectivity index (χ3v) is 7.97. The van der Waals surface area contributed by atoms with Gasteiger partial charge in [0.05, 0.1) is 18.7 Å². The van der Waals surface area contributed by atoms with Gasteiger partial charge in [-0.15, -0.1) is 5.10 Å². The standard InChI is InChI=1S/C32H35N7O3/c40-30(23-39-29-11-5-4-10-28(29)35-36-39)38(22-24-7-6-16-33-21-24)31(25-8-2-1-3-9-25)32(41)34-26-12-14-27(15-13-26)37-17-19-42-20-18-37/h1-2,4-7,10-16,21,25,31H,3,8-9,17-20,22-23H2,(H,34,41)/t25-,31-/m1/s1. The molecule has 1 fully saturated rings. The number of carbonyl (C=O) groups is 2. The predicted molar refractivity (Wildman–Crippen MR) is 161 cm³/mol.